The maximum atomic E-state index is 2.36. The number of aromatic nitrogens is 1. The molecule has 0 unspecified atom stereocenters. The molecule has 0 spiro atoms. The molecular formula is C38H34N2. The van der Waals surface area contributed by atoms with E-state index in [4.69, 9.17) is 0 Å². The zero-order valence-corrected chi connectivity index (χ0v) is 23.6. The predicted molar refractivity (Wildman–Crippen MR) is 172 cm³/mol. The average molecular weight is 519 g/mol. The number of anilines is 3. The number of benzene rings is 5. The summed E-state index contributed by atoms with van der Waals surface area (Å²) in [5.74, 6) is 0. The molecule has 0 atom stereocenters. The Morgan fingerprint density at radius 1 is 0.550 bits per heavy atom. The van der Waals surface area contributed by atoms with Crippen LogP contribution in [0.15, 0.2) is 121 Å². The van der Waals surface area contributed by atoms with Crippen molar-refractivity contribution in [3.8, 4) is 5.69 Å². The normalized spacial score (nSPS) is 11.4. The first-order chi connectivity index (χ1) is 19.5. The zero-order valence-electron chi connectivity index (χ0n) is 23.6. The second-order valence-corrected chi connectivity index (χ2v) is 10.5. The molecule has 6 aromatic rings. The fourth-order valence-corrected chi connectivity index (χ4v) is 5.57. The van der Waals surface area contributed by atoms with Crippen LogP contribution in [0.5, 0.6) is 0 Å². The molecule has 0 aliphatic rings. The van der Waals surface area contributed by atoms with Crippen LogP contribution in [0.25, 0.3) is 28.7 Å². The van der Waals surface area contributed by atoms with E-state index in [1.807, 2.05) is 0 Å². The highest BCUT2D eigenvalue weighted by atomic mass is 15.1. The van der Waals surface area contributed by atoms with Crippen molar-refractivity contribution in [2.75, 3.05) is 4.90 Å². The predicted octanol–water partition coefficient (Wildman–Crippen LogP) is 10.5. The zero-order chi connectivity index (χ0) is 27.6. The Balaban J connectivity index is 1.31. The van der Waals surface area contributed by atoms with Gasteiger partial charge in [-0.3, -0.25) is 0 Å². The first-order valence-corrected chi connectivity index (χ1v) is 13.9. The number of hydrogen-bond acceptors (Lipinski definition) is 1. The molecule has 0 aliphatic carbocycles. The lowest BCUT2D eigenvalue weighted by atomic mass is 10.1. The molecule has 2 nitrogen and oxygen atoms in total. The van der Waals surface area contributed by atoms with Crippen LogP contribution >= 0.6 is 0 Å². The van der Waals surface area contributed by atoms with Gasteiger partial charge in [-0.15, -0.1) is 0 Å². The molecule has 0 aliphatic heterocycles. The monoisotopic (exact) mass is 518 g/mol. The number of hydrogen-bond donors (Lipinski definition) is 0. The van der Waals surface area contributed by atoms with Gasteiger partial charge in [-0.2, -0.15) is 0 Å². The number of rotatable bonds is 6. The van der Waals surface area contributed by atoms with E-state index < -0.39 is 0 Å². The Kier molecular flexibility index (Phi) is 6.84. The van der Waals surface area contributed by atoms with Gasteiger partial charge in [0.25, 0.3) is 0 Å². The van der Waals surface area contributed by atoms with Crippen LogP contribution in [0.4, 0.5) is 17.1 Å². The smallest absolute Gasteiger partial charge is 0.0534 e. The van der Waals surface area contributed by atoms with Gasteiger partial charge >= 0.3 is 0 Å². The molecule has 5 aromatic carbocycles. The fourth-order valence-electron chi connectivity index (χ4n) is 5.57. The Bertz CT molecular complexity index is 1780. The van der Waals surface area contributed by atoms with Crippen LogP contribution in [0, 0.1) is 27.7 Å². The second-order valence-electron chi connectivity index (χ2n) is 10.5. The quantitative estimate of drug-likeness (QED) is 0.199. The Labute approximate surface area is 237 Å². The lowest BCUT2D eigenvalue weighted by molar-refractivity contribution is 1.04. The summed E-state index contributed by atoms with van der Waals surface area (Å²) in [7, 11) is 0. The summed E-state index contributed by atoms with van der Waals surface area (Å²) in [6.45, 7) is 8.77. The minimum absolute atomic E-state index is 1.15. The van der Waals surface area contributed by atoms with Crippen LogP contribution in [-0.2, 0) is 0 Å². The molecule has 2 heteroatoms. The number of fused-ring (bicyclic) bond motifs is 1. The molecule has 1 aromatic heterocycles. The van der Waals surface area contributed by atoms with Crippen molar-refractivity contribution in [1.82, 2.24) is 4.57 Å². The molecule has 6 rings (SSSR count). The molecule has 0 bridgehead atoms. The topological polar surface area (TPSA) is 8.17 Å². The van der Waals surface area contributed by atoms with Crippen LogP contribution in [0.3, 0.4) is 0 Å². The van der Waals surface area contributed by atoms with Gasteiger partial charge in [0.05, 0.1) is 5.52 Å². The number of para-hydroxylation sites is 3. The minimum Gasteiger partial charge on any atom is -0.314 e. The van der Waals surface area contributed by atoms with Crippen molar-refractivity contribution in [2.24, 2.45) is 0 Å². The Hall–Kier alpha value is -4.82. The highest BCUT2D eigenvalue weighted by Crippen LogP contribution is 2.38. The van der Waals surface area contributed by atoms with Crippen molar-refractivity contribution in [3.63, 3.8) is 0 Å². The van der Waals surface area contributed by atoms with E-state index in [9.17, 15) is 0 Å². The summed E-state index contributed by atoms with van der Waals surface area (Å²) in [4.78, 5) is 2.36. The summed E-state index contributed by atoms with van der Waals surface area (Å²) in [5.41, 5.74) is 13.5. The summed E-state index contributed by atoms with van der Waals surface area (Å²) >= 11 is 0. The van der Waals surface area contributed by atoms with Gasteiger partial charge in [0.2, 0.25) is 0 Å². The standard InChI is InChI=1S/C38H34N2/c1-27-12-8-10-16-36(27)40(37-17-11-9-13-28(37)2)34-23-20-31(21-24-34)18-19-32-22-25-38-35(26-32)29(3)30(4)39(38)33-14-6-5-7-15-33/h5-26H,1-4H3. The van der Waals surface area contributed by atoms with E-state index in [-0.39, 0.29) is 0 Å². The third-order valence-electron chi connectivity index (χ3n) is 7.89. The first kappa shape index (κ1) is 25.5. The molecule has 0 N–H and O–H groups in total. The van der Waals surface area contributed by atoms with Gasteiger partial charge in [-0.1, -0.05) is 84.9 Å². The highest BCUT2D eigenvalue weighted by molar-refractivity contribution is 5.90. The minimum atomic E-state index is 1.15. The van der Waals surface area contributed by atoms with E-state index >= 15 is 0 Å². The first-order valence-electron chi connectivity index (χ1n) is 13.9. The third kappa shape index (κ3) is 4.74. The van der Waals surface area contributed by atoms with E-state index in [1.165, 1.54) is 61.5 Å². The van der Waals surface area contributed by atoms with Gasteiger partial charge in [0, 0.05) is 33.8 Å². The van der Waals surface area contributed by atoms with Crippen LogP contribution < -0.4 is 4.90 Å². The summed E-state index contributed by atoms with van der Waals surface area (Å²) in [6, 6.07) is 43.3. The van der Waals surface area contributed by atoms with Crippen molar-refractivity contribution in [1.29, 1.82) is 0 Å². The third-order valence-corrected chi connectivity index (χ3v) is 7.89. The Morgan fingerprint density at radius 2 is 1.10 bits per heavy atom. The van der Waals surface area contributed by atoms with Crippen molar-refractivity contribution < 1.29 is 0 Å². The van der Waals surface area contributed by atoms with Gasteiger partial charge in [-0.25, -0.2) is 0 Å². The largest absolute Gasteiger partial charge is 0.314 e. The summed E-state index contributed by atoms with van der Waals surface area (Å²) < 4.78 is 2.35. The van der Waals surface area contributed by atoms with E-state index in [2.05, 4.69) is 171 Å². The van der Waals surface area contributed by atoms with Gasteiger partial charge in [-0.05, 0) is 104 Å². The summed E-state index contributed by atoms with van der Waals surface area (Å²) in [6.07, 6.45) is 4.41. The van der Waals surface area contributed by atoms with E-state index in [1.54, 1.807) is 0 Å². The molecule has 40 heavy (non-hydrogen) atoms. The Morgan fingerprint density at radius 3 is 1.73 bits per heavy atom. The van der Waals surface area contributed by atoms with Gasteiger partial charge in [0.15, 0.2) is 0 Å². The summed E-state index contributed by atoms with van der Waals surface area (Å²) in [5, 5.41) is 1.30. The number of nitrogens with zero attached hydrogens (tertiary/aromatic N) is 2. The van der Waals surface area contributed by atoms with Crippen LogP contribution in [0.1, 0.15) is 33.5 Å². The highest BCUT2D eigenvalue weighted by Gasteiger charge is 2.16. The molecule has 0 fully saturated rings. The lowest BCUT2D eigenvalue weighted by Gasteiger charge is -2.28. The van der Waals surface area contributed by atoms with Crippen molar-refractivity contribution in [3.05, 3.63) is 155 Å². The van der Waals surface area contributed by atoms with Crippen LogP contribution in [-0.4, -0.2) is 4.57 Å². The van der Waals surface area contributed by atoms with E-state index in [0.29, 0.717) is 0 Å². The molecule has 0 saturated carbocycles. The van der Waals surface area contributed by atoms with Gasteiger partial charge < -0.3 is 9.47 Å². The molecule has 1 heterocycles. The lowest BCUT2D eigenvalue weighted by Crippen LogP contribution is -2.12. The van der Waals surface area contributed by atoms with Crippen molar-refractivity contribution in [2.45, 2.75) is 27.7 Å². The van der Waals surface area contributed by atoms with Crippen LogP contribution in [0.2, 0.25) is 0 Å². The van der Waals surface area contributed by atoms with Crippen molar-refractivity contribution >= 4 is 40.1 Å². The molecule has 0 saturated heterocycles. The number of aryl methyl sites for hydroxylation is 3. The molecule has 0 radical (unpaired) electrons. The van der Waals surface area contributed by atoms with E-state index in [0.717, 1.165) is 5.69 Å². The average Bonchev–Trinajstić information content (AvgIpc) is 3.24. The molecule has 0 amide bonds. The molecular weight excluding hydrogens is 484 g/mol. The van der Waals surface area contributed by atoms with Gasteiger partial charge in [0.1, 0.15) is 0 Å². The maximum Gasteiger partial charge on any atom is 0.0534 e. The molecule has 196 valence electrons. The fraction of sp³-hybridized carbons (Fsp3) is 0.105. The SMILES string of the molecule is Cc1ccccc1N(c1ccc(C=Cc2ccc3c(c2)c(C)c(C)n3-c2ccccc2)cc1)c1ccccc1C. The second kappa shape index (κ2) is 10.7. The maximum absolute atomic E-state index is 2.36.